The first-order valence-corrected chi connectivity index (χ1v) is 10.6. The van der Waals surface area contributed by atoms with Crippen molar-refractivity contribution in [3.63, 3.8) is 0 Å². The minimum absolute atomic E-state index is 0.217. The van der Waals surface area contributed by atoms with Crippen LogP contribution in [0.2, 0.25) is 0 Å². The van der Waals surface area contributed by atoms with E-state index in [0.717, 1.165) is 54.7 Å². The third-order valence-electron chi connectivity index (χ3n) is 6.38. The molecule has 0 unspecified atom stereocenters. The Labute approximate surface area is 181 Å². The van der Waals surface area contributed by atoms with Crippen molar-refractivity contribution in [2.24, 2.45) is 0 Å². The van der Waals surface area contributed by atoms with Gasteiger partial charge in [0.2, 0.25) is 5.91 Å². The van der Waals surface area contributed by atoms with Gasteiger partial charge in [-0.1, -0.05) is 18.2 Å². The predicted molar refractivity (Wildman–Crippen MR) is 117 cm³/mol. The van der Waals surface area contributed by atoms with Crippen molar-refractivity contribution >= 4 is 11.7 Å². The van der Waals surface area contributed by atoms with Crippen LogP contribution in [-0.2, 0) is 10.2 Å². The van der Waals surface area contributed by atoms with Crippen molar-refractivity contribution in [3.8, 4) is 11.6 Å². The van der Waals surface area contributed by atoms with Gasteiger partial charge in [0.05, 0.1) is 12.5 Å². The molecule has 2 aromatic heterocycles. The van der Waals surface area contributed by atoms with Gasteiger partial charge in [0.1, 0.15) is 29.5 Å². The van der Waals surface area contributed by atoms with E-state index in [2.05, 4.69) is 19.9 Å². The molecule has 8 nitrogen and oxygen atoms in total. The van der Waals surface area contributed by atoms with E-state index in [-0.39, 0.29) is 5.91 Å². The molecule has 5 rings (SSSR count). The molecule has 0 radical (unpaired) electrons. The second kappa shape index (κ2) is 7.68. The first-order chi connectivity index (χ1) is 15.1. The van der Waals surface area contributed by atoms with Crippen LogP contribution in [0.4, 0.5) is 5.82 Å². The number of hydrogen-bond acceptors (Lipinski definition) is 6. The molecule has 0 atom stereocenters. The maximum Gasteiger partial charge on any atom is 0.233 e. The maximum atomic E-state index is 13.5. The van der Waals surface area contributed by atoms with Crippen LogP contribution in [0.3, 0.4) is 0 Å². The Balaban J connectivity index is 1.29. The first-order valence-electron chi connectivity index (χ1n) is 10.6. The highest BCUT2D eigenvalue weighted by atomic mass is 16.5. The lowest BCUT2D eigenvalue weighted by atomic mass is 9.93. The topological polar surface area (TPSA) is 76.4 Å². The second-order valence-electron chi connectivity index (χ2n) is 8.14. The maximum absolute atomic E-state index is 13.5. The smallest absolute Gasteiger partial charge is 0.233 e. The number of amides is 1. The molecule has 1 aliphatic heterocycles. The Kier molecular flexibility index (Phi) is 4.84. The molecule has 31 heavy (non-hydrogen) atoms. The summed E-state index contributed by atoms with van der Waals surface area (Å²) in [5.41, 5.74) is 0.594. The average Bonchev–Trinajstić information content (AvgIpc) is 3.52. The lowest BCUT2D eigenvalue weighted by Gasteiger charge is -2.37. The zero-order valence-electron chi connectivity index (χ0n) is 17.9. The fraction of sp³-hybridized carbons (Fsp3) is 0.391. The number of methoxy groups -OCH3 is 1. The number of aryl methyl sites for hydroxylation is 1. The van der Waals surface area contributed by atoms with Crippen LogP contribution in [0.15, 0.2) is 49.1 Å². The molecule has 1 saturated carbocycles. The van der Waals surface area contributed by atoms with Gasteiger partial charge in [0.15, 0.2) is 0 Å². The number of benzene rings is 1. The van der Waals surface area contributed by atoms with Crippen LogP contribution in [0.1, 0.15) is 24.2 Å². The van der Waals surface area contributed by atoms with E-state index >= 15 is 0 Å². The summed E-state index contributed by atoms with van der Waals surface area (Å²) in [6, 6.07) is 9.87. The third kappa shape index (κ3) is 3.41. The number of carbonyl (C=O) groups is 1. The van der Waals surface area contributed by atoms with Gasteiger partial charge in [0, 0.05) is 50.2 Å². The number of carbonyl (C=O) groups excluding carboxylic acids is 1. The largest absolute Gasteiger partial charge is 0.496 e. The second-order valence-corrected chi connectivity index (χ2v) is 8.14. The molecule has 0 N–H and O–H groups in total. The highest BCUT2D eigenvalue weighted by molar-refractivity contribution is 5.92. The number of para-hydroxylation sites is 1. The summed E-state index contributed by atoms with van der Waals surface area (Å²) < 4.78 is 7.47. The van der Waals surface area contributed by atoms with Crippen LogP contribution in [-0.4, -0.2) is 63.6 Å². The Morgan fingerprint density at radius 1 is 1.03 bits per heavy atom. The molecular formula is C23H26N6O2. The Morgan fingerprint density at radius 3 is 2.45 bits per heavy atom. The average molecular weight is 419 g/mol. The fourth-order valence-corrected chi connectivity index (χ4v) is 4.47. The number of aromatic nitrogens is 4. The van der Waals surface area contributed by atoms with Crippen LogP contribution >= 0.6 is 0 Å². The minimum atomic E-state index is -0.421. The highest BCUT2D eigenvalue weighted by Gasteiger charge is 2.54. The zero-order valence-corrected chi connectivity index (χ0v) is 17.9. The van der Waals surface area contributed by atoms with Crippen LogP contribution in [0.25, 0.3) is 5.82 Å². The van der Waals surface area contributed by atoms with Crippen molar-refractivity contribution in [1.82, 2.24) is 24.4 Å². The molecule has 1 aromatic carbocycles. The summed E-state index contributed by atoms with van der Waals surface area (Å²) in [6.45, 7) is 4.79. The van der Waals surface area contributed by atoms with E-state index in [1.165, 1.54) is 0 Å². The Hall–Kier alpha value is -3.42. The standard InChI is InChI=1S/C23H26N6O2/c1-17-24-9-10-29(17)21-15-20(25-16-26-21)27-11-13-28(14-12-27)22(30)23(7-8-23)18-5-3-4-6-19(18)31-2/h3-6,9-10,15-16H,7-8,11-14H2,1-2H3. The van der Waals surface area contributed by atoms with Gasteiger partial charge >= 0.3 is 0 Å². The van der Waals surface area contributed by atoms with E-state index in [4.69, 9.17) is 4.74 Å². The molecule has 0 spiro atoms. The summed E-state index contributed by atoms with van der Waals surface area (Å²) in [4.78, 5) is 30.8. The number of nitrogens with zero attached hydrogens (tertiary/aromatic N) is 6. The molecule has 0 bridgehead atoms. The van der Waals surface area contributed by atoms with E-state index in [1.807, 2.05) is 52.9 Å². The van der Waals surface area contributed by atoms with E-state index in [9.17, 15) is 4.79 Å². The molecule has 8 heteroatoms. The lowest BCUT2D eigenvalue weighted by molar-refractivity contribution is -0.134. The molecule has 2 aliphatic rings. The third-order valence-corrected chi connectivity index (χ3v) is 6.38. The molecule has 1 aliphatic carbocycles. The predicted octanol–water partition coefficient (Wildman–Crippen LogP) is 2.36. The summed E-state index contributed by atoms with van der Waals surface area (Å²) in [6.07, 6.45) is 7.00. The van der Waals surface area contributed by atoms with Crippen molar-refractivity contribution in [3.05, 3.63) is 60.4 Å². The first kappa shape index (κ1) is 19.5. The Morgan fingerprint density at radius 2 is 1.77 bits per heavy atom. The van der Waals surface area contributed by atoms with E-state index < -0.39 is 5.41 Å². The van der Waals surface area contributed by atoms with Crippen molar-refractivity contribution < 1.29 is 9.53 Å². The summed E-state index contributed by atoms with van der Waals surface area (Å²) in [7, 11) is 1.67. The molecule has 1 saturated heterocycles. The van der Waals surface area contributed by atoms with Crippen LogP contribution < -0.4 is 9.64 Å². The fourth-order valence-electron chi connectivity index (χ4n) is 4.47. The van der Waals surface area contributed by atoms with Crippen molar-refractivity contribution in [2.75, 3.05) is 38.2 Å². The number of piperazine rings is 1. The van der Waals surface area contributed by atoms with Gasteiger partial charge in [-0.2, -0.15) is 0 Å². The van der Waals surface area contributed by atoms with E-state index in [1.54, 1.807) is 19.6 Å². The van der Waals surface area contributed by atoms with Crippen molar-refractivity contribution in [1.29, 1.82) is 0 Å². The number of hydrogen-bond donors (Lipinski definition) is 0. The minimum Gasteiger partial charge on any atom is -0.496 e. The molecule has 160 valence electrons. The number of imidazole rings is 1. The van der Waals surface area contributed by atoms with Gasteiger partial charge < -0.3 is 14.5 Å². The van der Waals surface area contributed by atoms with Gasteiger partial charge in [0.25, 0.3) is 0 Å². The molecule has 3 heterocycles. The van der Waals surface area contributed by atoms with Gasteiger partial charge in [-0.25, -0.2) is 15.0 Å². The number of ether oxygens (including phenoxy) is 1. The number of rotatable bonds is 5. The van der Waals surface area contributed by atoms with Gasteiger partial charge in [-0.15, -0.1) is 0 Å². The van der Waals surface area contributed by atoms with Gasteiger partial charge in [-0.05, 0) is 25.8 Å². The summed E-state index contributed by atoms with van der Waals surface area (Å²) in [5.74, 6) is 3.57. The lowest BCUT2D eigenvalue weighted by Crippen LogP contribution is -2.51. The summed E-state index contributed by atoms with van der Waals surface area (Å²) >= 11 is 0. The van der Waals surface area contributed by atoms with Crippen LogP contribution in [0, 0.1) is 6.92 Å². The van der Waals surface area contributed by atoms with E-state index in [0.29, 0.717) is 13.1 Å². The number of anilines is 1. The van der Waals surface area contributed by atoms with Gasteiger partial charge in [-0.3, -0.25) is 9.36 Å². The van der Waals surface area contributed by atoms with Crippen LogP contribution in [0.5, 0.6) is 5.75 Å². The summed E-state index contributed by atoms with van der Waals surface area (Å²) in [5, 5.41) is 0. The zero-order chi connectivity index (χ0) is 21.4. The molecule has 1 amide bonds. The monoisotopic (exact) mass is 418 g/mol. The van der Waals surface area contributed by atoms with Crippen molar-refractivity contribution in [2.45, 2.75) is 25.2 Å². The Bertz CT molecular complexity index is 1100. The quantitative estimate of drug-likeness (QED) is 0.633. The SMILES string of the molecule is COc1ccccc1C1(C(=O)N2CCN(c3cc(-n4ccnc4C)ncn3)CC2)CC1. The molecule has 2 fully saturated rings. The molecule has 3 aromatic rings. The highest BCUT2D eigenvalue weighted by Crippen LogP contribution is 2.52. The normalized spacial score (nSPS) is 17.5. The molecular weight excluding hydrogens is 392 g/mol.